The first-order valence-electron chi connectivity index (χ1n) is 8.07. The Hall–Kier alpha value is -0.0800. The van der Waals surface area contributed by atoms with Gasteiger partial charge in [0.15, 0.2) is 0 Å². The van der Waals surface area contributed by atoms with Crippen molar-refractivity contribution in [2.45, 2.75) is 58.0 Å². The molecule has 2 heteroatoms. The zero-order valence-electron chi connectivity index (χ0n) is 12.4. The summed E-state index contributed by atoms with van der Waals surface area (Å²) in [7, 11) is 2.27. The molecule has 0 aromatic heterocycles. The van der Waals surface area contributed by atoms with Gasteiger partial charge in [-0.15, -0.1) is 0 Å². The van der Waals surface area contributed by atoms with Gasteiger partial charge in [-0.25, -0.2) is 0 Å². The molecule has 3 heterocycles. The molecule has 3 aliphatic heterocycles. The summed E-state index contributed by atoms with van der Waals surface area (Å²) in [6.45, 7) is 8.88. The number of hydrogen-bond donors (Lipinski definition) is 0. The number of piperidine rings is 2. The second kappa shape index (κ2) is 5.13. The quantitative estimate of drug-likeness (QED) is 0.760. The molecule has 104 valence electrons. The van der Waals surface area contributed by atoms with Gasteiger partial charge in [-0.1, -0.05) is 13.8 Å². The van der Waals surface area contributed by atoms with Crippen molar-refractivity contribution in [2.75, 3.05) is 26.7 Å². The van der Waals surface area contributed by atoms with Crippen LogP contribution >= 0.6 is 0 Å². The van der Waals surface area contributed by atoms with Gasteiger partial charge in [0.05, 0.1) is 0 Å². The summed E-state index contributed by atoms with van der Waals surface area (Å²) in [5, 5.41) is 0. The van der Waals surface area contributed by atoms with Crippen molar-refractivity contribution in [3.05, 3.63) is 0 Å². The maximum Gasteiger partial charge on any atom is 0.0116 e. The summed E-state index contributed by atoms with van der Waals surface area (Å²) in [5.74, 6) is 2.91. The lowest BCUT2D eigenvalue weighted by Crippen LogP contribution is -2.62. The van der Waals surface area contributed by atoms with E-state index in [-0.39, 0.29) is 0 Å². The number of hydrogen-bond acceptors (Lipinski definition) is 2. The van der Waals surface area contributed by atoms with E-state index < -0.39 is 0 Å². The molecule has 0 radical (unpaired) electrons. The van der Waals surface area contributed by atoms with E-state index in [0.29, 0.717) is 0 Å². The van der Waals surface area contributed by atoms with Crippen LogP contribution in [0.3, 0.4) is 0 Å². The van der Waals surface area contributed by atoms with Crippen molar-refractivity contribution in [3.8, 4) is 0 Å². The van der Waals surface area contributed by atoms with Gasteiger partial charge >= 0.3 is 0 Å². The van der Waals surface area contributed by atoms with Crippen molar-refractivity contribution in [3.63, 3.8) is 0 Å². The monoisotopic (exact) mass is 250 g/mol. The van der Waals surface area contributed by atoms with Gasteiger partial charge in [0.2, 0.25) is 0 Å². The van der Waals surface area contributed by atoms with Gasteiger partial charge in [0.25, 0.3) is 0 Å². The highest BCUT2D eigenvalue weighted by molar-refractivity contribution is 5.01. The minimum Gasteiger partial charge on any atom is -0.306 e. The Morgan fingerprint density at radius 1 is 1.00 bits per heavy atom. The summed E-state index contributed by atoms with van der Waals surface area (Å²) in [4.78, 5) is 5.36. The predicted molar refractivity (Wildman–Crippen MR) is 76.7 cm³/mol. The molecule has 1 aliphatic carbocycles. The molecule has 1 saturated carbocycles. The lowest BCUT2D eigenvalue weighted by Gasteiger charge is -2.57. The SMILES string of the molecule is CC(C)C1CC2CC(C1)N2CC1CCN(C)CC1. The number of fused-ring (bicyclic) bond motifs is 2. The molecule has 0 aromatic rings. The van der Waals surface area contributed by atoms with Crippen LogP contribution in [0.2, 0.25) is 0 Å². The molecule has 0 aromatic carbocycles. The third-order valence-corrected chi connectivity index (χ3v) is 5.88. The first-order valence-corrected chi connectivity index (χ1v) is 8.07. The molecule has 0 spiro atoms. The number of nitrogens with zero attached hydrogens (tertiary/aromatic N) is 2. The Labute approximate surface area is 113 Å². The third kappa shape index (κ3) is 2.46. The Morgan fingerprint density at radius 2 is 1.61 bits per heavy atom. The molecule has 0 amide bonds. The summed E-state index contributed by atoms with van der Waals surface area (Å²) >= 11 is 0. The molecule has 18 heavy (non-hydrogen) atoms. The minimum absolute atomic E-state index is 0.904. The Morgan fingerprint density at radius 3 is 2.17 bits per heavy atom. The van der Waals surface area contributed by atoms with E-state index in [1.165, 1.54) is 51.7 Å². The van der Waals surface area contributed by atoms with Crippen LogP contribution in [-0.2, 0) is 0 Å². The standard InChI is InChI=1S/C16H30N2/c1-12(2)14-8-15-10-16(9-14)18(15)11-13-4-6-17(3)7-5-13/h12-16H,4-11H2,1-3H3. The molecular formula is C16H30N2. The van der Waals surface area contributed by atoms with Gasteiger partial charge in [0.1, 0.15) is 0 Å². The highest BCUT2D eigenvalue weighted by Gasteiger charge is 2.46. The molecular weight excluding hydrogens is 220 g/mol. The van der Waals surface area contributed by atoms with Crippen LogP contribution in [-0.4, -0.2) is 48.6 Å². The number of likely N-dealkylation sites (tertiary alicyclic amines) is 1. The van der Waals surface area contributed by atoms with E-state index in [2.05, 4.69) is 30.7 Å². The fourth-order valence-electron chi connectivity index (χ4n) is 4.39. The largest absolute Gasteiger partial charge is 0.306 e. The highest BCUT2D eigenvalue weighted by atomic mass is 15.3. The average molecular weight is 250 g/mol. The lowest BCUT2D eigenvalue weighted by atomic mass is 9.69. The Bertz CT molecular complexity index is 269. The van der Waals surface area contributed by atoms with Crippen molar-refractivity contribution in [1.29, 1.82) is 0 Å². The molecule has 4 rings (SSSR count). The fraction of sp³-hybridized carbons (Fsp3) is 1.00. The van der Waals surface area contributed by atoms with Gasteiger partial charge in [-0.05, 0) is 70.0 Å². The first-order chi connectivity index (χ1) is 8.63. The summed E-state index contributed by atoms with van der Waals surface area (Å²) in [5.41, 5.74) is 0. The summed E-state index contributed by atoms with van der Waals surface area (Å²) in [6, 6.07) is 1.91. The molecule has 2 bridgehead atoms. The molecule has 3 saturated heterocycles. The molecule has 4 fully saturated rings. The van der Waals surface area contributed by atoms with Gasteiger partial charge < -0.3 is 4.90 Å². The second-order valence-corrected chi connectivity index (χ2v) is 7.46. The van der Waals surface area contributed by atoms with Crippen LogP contribution in [0, 0.1) is 17.8 Å². The zero-order chi connectivity index (χ0) is 12.7. The molecule has 2 unspecified atom stereocenters. The molecule has 0 N–H and O–H groups in total. The van der Waals surface area contributed by atoms with Gasteiger partial charge in [0, 0.05) is 18.6 Å². The average Bonchev–Trinajstić information content (AvgIpc) is 2.38. The molecule has 2 nitrogen and oxygen atoms in total. The maximum atomic E-state index is 2.87. The molecule has 4 aliphatic rings. The first kappa shape index (κ1) is 12.9. The van der Waals surface area contributed by atoms with Crippen molar-refractivity contribution < 1.29 is 0 Å². The van der Waals surface area contributed by atoms with Gasteiger partial charge in [-0.3, -0.25) is 4.90 Å². The third-order valence-electron chi connectivity index (χ3n) is 5.88. The minimum atomic E-state index is 0.904. The Balaban J connectivity index is 1.48. The van der Waals surface area contributed by atoms with Crippen molar-refractivity contribution in [1.82, 2.24) is 9.80 Å². The van der Waals surface area contributed by atoms with Crippen LogP contribution in [0.15, 0.2) is 0 Å². The fourth-order valence-corrected chi connectivity index (χ4v) is 4.39. The second-order valence-electron chi connectivity index (χ2n) is 7.46. The lowest BCUT2D eigenvalue weighted by molar-refractivity contribution is -0.0732. The van der Waals surface area contributed by atoms with Crippen LogP contribution in [0.4, 0.5) is 0 Å². The zero-order valence-corrected chi connectivity index (χ0v) is 12.4. The van der Waals surface area contributed by atoms with E-state index in [0.717, 1.165) is 29.8 Å². The van der Waals surface area contributed by atoms with E-state index >= 15 is 0 Å². The van der Waals surface area contributed by atoms with Crippen LogP contribution < -0.4 is 0 Å². The van der Waals surface area contributed by atoms with E-state index in [9.17, 15) is 0 Å². The van der Waals surface area contributed by atoms with Crippen LogP contribution in [0.1, 0.15) is 46.0 Å². The van der Waals surface area contributed by atoms with Gasteiger partial charge in [-0.2, -0.15) is 0 Å². The van der Waals surface area contributed by atoms with E-state index in [1.54, 1.807) is 0 Å². The van der Waals surface area contributed by atoms with E-state index in [4.69, 9.17) is 0 Å². The maximum absolute atomic E-state index is 2.87. The topological polar surface area (TPSA) is 6.48 Å². The smallest absolute Gasteiger partial charge is 0.0116 e. The summed E-state index contributed by atoms with van der Waals surface area (Å²) < 4.78 is 0. The molecule has 2 atom stereocenters. The summed E-state index contributed by atoms with van der Waals surface area (Å²) in [6.07, 6.45) is 7.34. The predicted octanol–water partition coefficient (Wildman–Crippen LogP) is 2.84. The van der Waals surface area contributed by atoms with Crippen LogP contribution in [0.5, 0.6) is 0 Å². The normalized spacial score (nSPS) is 39.0. The highest BCUT2D eigenvalue weighted by Crippen LogP contribution is 2.44. The number of rotatable bonds is 3. The van der Waals surface area contributed by atoms with E-state index in [1.807, 2.05) is 0 Å². The van der Waals surface area contributed by atoms with Crippen molar-refractivity contribution >= 4 is 0 Å². The van der Waals surface area contributed by atoms with Crippen molar-refractivity contribution in [2.24, 2.45) is 17.8 Å². The van der Waals surface area contributed by atoms with Crippen LogP contribution in [0.25, 0.3) is 0 Å². The Kier molecular flexibility index (Phi) is 3.68.